The van der Waals surface area contributed by atoms with Crippen molar-refractivity contribution in [2.75, 3.05) is 0 Å². The Morgan fingerprint density at radius 3 is 2.38 bits per heavy atom. The number of allylic oxidation sites excluding steroid dienone is 2. The highest BCUT2D eigenvalue weighted by molar-refractivity contribution is 5.00. The molecule has 0 saturated carbocycles. The van der Waals surface area contributed by atoms with Gasteiger partial charge in [0, 0.05) is 0 Å². The Hall–Kier alpha value is -0.520. The van der Waals surface area contributed by atoms with Gasteiger partial charge in [-0.15, -0.1) is 6.58 Å². The van der Waals surface area contributed by atoms with E-state index in [9.17, 15) is 0 Å². The molecule has 0 aromatic heterocycles. The predicted molar refractivity (Wildman–Crippen MR) is 38.5 cm³/mol. The maximum atomic E-state index is 3.68. The largest absolute Gasteiger partial charge is 0.103 e. The number of hydrogen-bond acceptors (Lipinski definition) is 0. The van der Waals surface area contributed by atoms with Crippen molar-refractivity contribution < 1.29 is 0 Å². The van der Waals surface area contributed by atoms with Crippen molar-refractivity contribution in [3.05, 3.63) is 31.7 Å². The second kappa shape index (κ2) is 3.48. The molecule has 0 fully saturated rings. The van der Waals surface area contributed by atoms with Crippen LogP contribution < -0.4 is 0 Å². The van der Waals surface area contributed by atoms with Gasteiger partial charge in [-0.25, -0.2) is 0 Å². The summed E-state index contributed by atoms with van der Waals surface area (Å²) in [6.07, 6.45) is 2.87. The normalized spacial score (nSPS) is 12.8. The van der Waals surface area contributed by atoms with Gasteiger partial charge in [0.05, 0.1) is 0 Å². The molecule has 0 rings (SSSR count). The lowest BCUT2D eigenvalue weighted by Crippen LogP contribution is -1.87. The van der Waals surface area contributed by atoms with Crippen LogP contribution in [0, 0.1) is 12.8 Å². The van der Waals surface area contributed by atoms with Crippen molar-refractivity contribution in [2.24, 2.45) is 5.92 Å². The Morgan fingerprint density at radius 1 is 1.75 bits per heavy atom. The lowest BCUT2D eigenvalue weighted by molar-refractivity contribution is 0.730. The zero-order chi connectivity index (χ0) is 6.57. The van der Waals surface area contributed by atoms with Gasteiger partial charge in [-0.05, 0) is 19.3 Å². The lowest BCUT2D eigenvalue weighted by Gasteiger charge is -2.01. The third kappa shape index (κ3) is 3.66. The van der Waals surface area contributed by atoms with Crippen LogP contribution in [0.3, 0.4) is 0 Å². The summed E-state index contributed by atoms with van der Waals surface area (Å²) in [5, 5.41) is 0. The minimum atomic E-state index is 0.528. The third-order valence-electron chi connectivity index (χ3n) is 1.01. The van der Waals surface area contributed by atoms with Gasteiger partial charge in [-0.3, -0.25) is 0 Å². The van der Waals surface area contributed by atoms with Crippen molar-refractivity contribution in [1.29, 1.82) is 0 Å². The molecule has 0 aliphatic rings. The molecule has 1 atom stereocenters. The van der Waals surface area contributed by atoms with E-state index in [2.05, 4.69) is 27.0 Å². The van der Waals surface area contributed by atoms with Gasteiger partial charge in [0.2, 0.25) is 0 Å². The van der Waals surface area contributed by atoms with E-state index in [4.69, 9.17) is 0 Å². The average Bonchev–Trinajstić information content (AvgIpc) is 1.65. The molecule has 0 saturated heterocycles. The summed E-state index contributed by atoms with van der Waals surface area (Å²) in [4.78, 5) is 0. The Kier molecular flexibility index (Phi) is 3.25. The monoisotopic (exact) mass is 109 g/mol. The molecule has 1 unspecified atom stereocenters. The molecule has 0 aliphatic heterocycles. The van der Waals surface area contributed by atoms with Gasteiger partial charge in [0.25, 0.3) is 0 Å². The highest BCUT2D eigenvalue weighted by atomic mass is 14.0. The number of rotatable bonds is 3. The first-order chi connectivity index (χ1) is 3.66. The van der Waals surface area contributed by atoms with Gasteiger partial charge in [0.15, 0.2) is 0 Å². The first-order valence-corrected chi connectivity index (χ1v) is 2.79. The molecule has 0 bridgehead atoms. The van der Waals surface area contributed by atoms with Crippen LogP contribution in [0.5, 0.6) is 0 Å². The predicted octanol–water partition coefficient (Wildman–Crippen LogP) is 2.59. The first-order valence-electron chi connectivity index (χ1n) is 2.79. The van der Waals surface area contributed by atoms with E-state index in [1.807, 2.05) is 6.08 Å². The summed E-state index contributed by atoms with van der Waals surface area (Å²) < 4.78 is 0. The van der Waals surface area contributed by atoms with E-state index in [0.717, 1.165) is 12.0 Å². The molecular weight excluding hydrogens is 96.1 g/mol. The van der Waals surface area contributed by atoms with Crippen LogP contribution in [0.1, 0.15) is 13.3 Å². The molecule has 0 spiro atoms. The molecule has 1 radical (unpaired) electrons. The fraction of sp³-hybridized carbons (Fsp3) is 0.375. The second-order valence-electron chi connectivity index (χ2n) is 2.17. The van der Waals surface area contributed by atoms with Crippen LogP contribution in [-0.4, -0.2) is 0 Å². The zero-order valence-electron chi connectivity index (χ0n) is 5.48. The smallest absolute Gasteiger partial charge is 0.0227 e. The van der Waals surface area contributed by atoms with Crippen LogP contribution >= 0.6 is 0 Å². The minimum Gasteiger partial charge on any atom is -0.103 e. The highest BCUT2D eigenvalue weighted by Crippen LogP contribution is 2.07. The summed E-state index contributed by atoms with van der Waals surface area (Å²) >= 11 is 0. The highest BCUT2D eigenvalue weighted by Gasteiger charge is 1.93. The van der Waals surface area contributed by atoms with Crippen LogP contribution in [0.15, 0.2) is 24.8 Å². The van der Waals surface area contributed by atoms with Gasteiger partial charge in [0.1, 0.15) is 0 Å². The molecular formula is C8H13. The average molecular weight is 109 g/mol. The summed E-state index contributed by atoms with van der Waals surface area (Å²) in [5.41, 5.74) is 0.984. The van der Waals surface area contributed by atoms with Crippen LogP contribution in [0.25, 0.3) is 0 Å². The van der Waals surface area contributed by atoms with E-state index >= 15 is 0 Å². The molecule has 0 heteroatoms. The quantitative estimate of drug-likeness (QED) is 0.489. The fourth-order valence-electron chi connectivity index (χ4n) is 0.539. The van der Waals surface area contributed by atoms with E-state index < -0.39 is 0 Å². The lowest BCUT2D eigenvalue weighted by atomic mass is 10.0. The third-order valence-corrected chi connectivity index (χ3v) is 1.01. The van der Waals surface area contributed by atoms with Crippen molar-refractivity contribution in [1.82, 2.24) is 0 Å². The Morgan fingerprint density at radius 2 is 2.25 bits per heavy atom. The standard InChI is InChI=1S/C8H13/c1-5-8(4)6-7(2)3/h5,8H,1-3,6H2,4H3. The molecule has 8 heavy (non-hydrogen) atoms. The molecule has 0 amide bonds. The molecule has 0 aliphatic carbocycles. The van der Waals surface area contributed by atoms with E-state index in [0.29, 0.717) is 5.92 Å². The Labute approximate surface area is 51.9 Å². The molecule has 45 valence electrons. The molecule has 0 aromatic carbocycles. The maximum absolute atomic E-state index is 3.68. The van der Waals surface area contributed by atoms with Crippen LogP contribution in [-0.2, 0) is 0 Å². The molecule has 0 nitrogen and oxygen atoms in total. The van der Waals surface area contributed by atoms with Gasteiger partial charge in [-0.2, -0.15) is 0 Å². The van der Waals surface area contributed by atoms with E-state index in [1.165, 1.54) is 0 Å². The zero-order valence-corrected chi connectivity index (χ0v) is 5.48. The van der Waals surface area contributed by atoms with Gasteiger partial charge < -0.3 is 0 Å². The topological polar surface area (TPSA) is 0 Å². The summed E-state index contributed by atoms with van der Waals surface area (Å²) in [6, 6.07) is 0. The van der Waals surface area contributed by atoms with Crippen molar-refractivity contribution in [3.63, 3.8) is 0 Å². The summed E-state index contributed by atoms with van der Waals surface area (Å²) in [6.45, 7) is 13.1. The number of hydrogen-bond donors (Lipinski definition) is 0. The van der Waals surface area contributed by atoms with Crippen LogP contribution in [0.4, 0.5) is 0 Å². The van der Waals surface area contributed by atoms with Gasteiger partial charge >= 0.3 is 0 Å². The Balaban J connectivity index is 3.38. The van der Waals surface area contributed by atoms with E-state index in [-0.39, 0.29) is 0 Å². The molecule has 0 aromatic rings. The first kappa shape index (κ1) is 7.48. The second-order valence-corrected chi connectivity index (χ2v) is 2.17. The van der Waals surface area contributed by atoms with Crippen molar-refractivity contribution in [3.8, 4) is 0 Å². The van der Waals surface area contributed by atoms with Gasteiger partial charge in [-0.1, -0.05) is 25.2 Å². The SMILES string of the molecule is [CH2]C(=C)CC(C)C=C. The van der Waals surface area contributed by atoms with Crippen LogP contribution in [0.2, 0.25) is 0 Å². The summed E-state index contributed by atoms with van der Waals surface area (Å²) in [5.74, 6) is 0.528. The maximum Gasteiger partial charge on any atom is -0.0227 e. The summed E-state index contributed by atoms with van der Waals surface area (Å²) in [7, 11) is 0. The van der Waals surface area contributed by atoms with Crippen molar-refractivity contribution in [2.45, 2.75) is 13.3 Å². The van der Waals surface area contributed by atoms with E-state index in [1.54, 1.807) is 0 Å². The Bertz CT molecular complexity index is 90.2. The fourth-order valence-corrected chi connectivity index (χ4v) is 0.539. The van der Waals surface area contributed by atoms with Crippen molar-refractivity contribution >= 4 is 0 Å². The molecule has 0 N–H and O–H groups in total. The minimum absolute atomic E-state index is 0.528. The molecule has 0 heterocycles.